The van der Waals surface area contributed by atoms with E-state index in [0.717, 1.165) is 4.90 Å². The minimum absolute atomic E-state index is 0.104. The number of nitrogens with zero attached hydrogens (tertiary/aromatic N) is 1. The number of nitrogens with two attached hydrogens (primary N) is 1. The molecule has 21 heavy (non-hydrogen) atoms. The molecule has 1 aliphatic rings. The standard InChI is InChI=1S/C15H10ClFN2O2/c16-10-4-2-5-11(17)9(10)7-19-14(20)8-3-1-6-12(18)13(8)15(19)21/h1-6H,7,18H2. The Bertz CT molecular complexity index is 756. The van der Waals surface area contributed by atoms with Crippen molar-refractivity contribution in [2.45, 2.75) is 6.54 Å². The summed E-state index contributed by atoms with van der Waals surface area (Å²) in [5.74, 6) is -1.60. The molecule has 1 heterocycles. The van der Waals surface area contributed by atoms with Crippen LogP contribution in [-0.4, -0.2) is 16.7 Å². The Labute approximate surface area is 124 Å². The third-order valence-electron chi connectivity index (χ3n) is 3.41. The molecule has 0 saturated heterocycles. The van der Waals surface area contributed by atoms with E-state index in [9.17, 15) is 14.0 Å². The summed E-state index contributed by atoms with van der Waals surface area (Å²) in [6.07, 6.45) is 0. The van der Waals surface area contributed by atoms with E-state index in [0.29, 0.717) is 0 Å². The summed E-state index contributed by atoms with van der Waals surface area (Å²) in [7, 11) is 0. The fraction of sp³-hybridized carbons (Fsp3) is 0.0667. The third-order valence-corrected chi connectivity index (χ3v) is 3.76. The second-order valence-electron chi connectivity index (χ2n) is 4.67. The molecule has 3 rings (SSSR count). The summed E-state index contributed by atoms with van der Waals surface area (Å²) >= 11 is 5.93. The number of nitrogen functional groups attached to an aromatic ring is 1. The monoisotopic (exact) mass is 304 g/mol. The lowest BCUT2D eigenvalue weighted by Gasteiger charge is -2.15. The maximum absolute atomic E-state index is 13.8. The molecule has 106 valence electrons. The molecule has 0 unspecified atom stereocenters. The van der Waals surface area contributed by atoms with Crippen LogP contribution in [0, 0.1) is 5.82 Å². The van der Waals surface area contributed by atoms with E-state index in [-0.39, 0.29) is 33.9 Å². The predicted molar refractivity (Wildman–Crippen MR) is 76.5 cm³/mol. The minimum Gasteiger partial charge on any atom is -0.398 e. The van der Waals surface area contributed by atoms with Crippen molar-refractivity contribution in [2.24, 2.45) is 0 Å². The Morgan fingerprint density at radius 2 is 1.81 bits per heavy atom. The summed E-state index contributed by atoms with van der Waals surface area (Å²) in [4.78, 5) is 25.5. The summed E-state index contributed by atoms with van der Waals surface area (Å²) < 4.78 is 13.8. The zero-order chi connectivity index (χ0) is 15.1. The van der Waals surface area contributed by atoms with E-state index < -0.39 is 17.6 Å². The Morgan fingerprint density at radius 1 is 1.10 bits per heavy atom. The van der Waals surface area contributed by atoms with Crippen molar-refractivity contribution < 1.29 is 14.0 Å². The van der Waals surface area contributed by atoms with Crippen molar-refractivity contribution >= 4 is 29.1 Å². The molecule has 0 fully saturated rings. The molecule has 0 radical (unpaired) electrons. The van der Waals surface area contributed by atoms with Gasteiger partial charge in [-0.1, -0.05) is 23.7 Å². The summed E-state index contributed by atoms with van der Waals surface area (Å²) in [6.45, 7) is -0.225. The van der Waals surface area contributed by atoms with Gasteiger partial charge in [-0.2, -0.15) is 0 Å². The number of hydrogen-bond donors (Lipinski definition) is 1. The van der Waals surface area contributed by atoms with Gasteiger partial charge in [0.2, 0.25) is 0 Å². The average Bonchev–Trinajstić information content (AvgIpc) is 2.68. The van der Waals surface area contributed by atoms with Crippen LogP contribution in [0.4, 0.5) is 10.1 Å². The molecule has 0 saturated carbocycles. The van der Waals surface area contributed by atoms with E-state index in [1.807, 2.05) is 0 Å². The van der Waals surface area contributed by atoms with Crippen LogP contribution in [0.15, 0.2) is 36.4 Å². The largest absolute Gasteiger partial charge is 0.398 e. The molecule has 1 aliphatic heterocycles. The van der Waals surface area contributed by atoms with Crippen LogP contribution in [0.1, 0.15) is 26.3 Å². The van der Waals surface area contributed by atoms with Crippen molar-refractivity contribution in [1.82, 2.24) is 4.90 Å². The van der Waals surface area contributed by atoms with E-state index in [2.05, 4.69) is 0 Å². The van der Waals surface area contributed by atoms with E-state index in [1.54, 1.807) is 12.1 Å². The number of carbonyl (C=O) groups excluding carboxylic acids is 2. The summed E-state index contributed by atoms with van der Waals surface area (Å²) in [5, 5.41) is 0.166. The number of carbonyl (C=O) groups is 2. The van der Waals surface area contributed by atoms with Gasteiger partial charge < -0.3 is 5.73 Å². The third kappa shape index (κ3) is 2.06. The van der Waals surface area contributed by atoms with Gasteiger partial charge in [0.25, 0.3) is 11.8 Å². The quantitative estimate of drug-likeness (QED) is 0.685. The van der Waals surface area contributed by atoms with E-state index >= 15 is 0 Å². The number of hydrogen-bond acceptors (Lipinski definition) is 3. The van der Waals surface area contributed by atoms with Crippen molar-refractivity contribution in [3.05, 3.63) is 63.9 Å². The van der Waals surface area contributed by atoms with Gasteiger partial charge in [-0.15, -0.1) is 0 Å². The maximum Gasteiger partial charge on any atom is 0.263 e. The Kier molecular flexibility index (Phi) is 3.14. The van der Waals surface area contributed by atoms with Gasteiger partial charge in [0.1, 0.15) is 5.82 Å². The van der Waals surface area contributed by atoms with Crippen molar-refractivity contribution in [3.63, 3.8) is 0 Å². The second-order valence-corrected chi connectivity index (χ2v) is 5.07. The summed E-state index contributed by atoms with van der Waals surface area (Å²) in [6, 6.07) is 8.86. The molecule has 0 aromatic heterocycles. The Morgan fingerprint density at radius 3 is 2.48 bits per heavy atom. The lowest BCUT2D eigenvalue weighted by Crippen LogP contribution is -2.29. The van der Waals surface area contributed by atoms with Crippen LogP contribution in [-0.2, 0) is 6.54 Å². The van der Waals surface area contributed by atoms with Gasteiger partial charge >= 0.3 is 0 Å². The Balaban J connectivity index is 2.01. The normalized spacial score (nSPS) is 13.7. The molecular formula is C15H10ClFN2O2. The number of amides is 2. The van der Waals surface area contributed by atoms with Gasteiger partial charge in [0.15, 0.2) is 0 Å². The Hall–Kier alpha value is -2.40. The zero-order valence-corrected chi connectivity index (χ0v) is 11.5. The maximum atomic E-state index is 13.8. The number of fused-ring (bicyclic) bond motifs is 1. The first-order valence-electron chi connectivity index (χ1n) is 6.18. The van der Waals surface area contributed by atoms with Crippen molar-refractivity contribution in [2.75, 3.05) is 5.73 Å². The number of rotatable bonds is 2. The molecule has 0 atom stereocenters. The van der Waals surface area contributed by atoms with E-state index in [1.165, 1.54) is 24.3 Å². The van der Waals surface area contributed by atoms with Crippen LogP contribution < -0.4 is 5.73 Å². The molecule has 2 amide bonds. The highest BCUT2D eigenvalue weighted by molar-refractivity contribution is 6.31. The highest BCUT2D eigenvalue weighted by Gasteiger charge is 2.37. The number of anilines is 1. The van der Waals surface area contributed by atoms with Gasteiger partial charge in [0, 0.05) is 16.3 Å². The van der Waals surface area contributed by atoms with Crippen LogP contribution >= 0.6 is 11.6 Å². The lowest BCUT2D eigenvalue weighted by atomic mass is 10.1. The predicted octanol–water partition coefficient (Wildman–Crippen LogP) is 2.86. The smallest absolute Gasteiger partial charge is 0.263 e. The highest BCUT2D eigenvalue weighted by atomic mass is 35.5. The first kappa shape index (κ1) is 13.6. The van der Waals surface area contributed by atoms with Crippen LogP contribution in [0.5, 0.6) is 0 Å². The number of halogens is 2. The lowest BCUT2D eigenvalue weighted by molar-refractivity contribution is 0.0641. The fourth-order valence-corrected chi connectivity index (χ4v) is 2.57. The SMILES string of the molecule is Nc1cccc2c1C(=O)N(Cc1c(F)cccc1Cl)C2=O. The first-order chi connectivity index (χ1) is 10.0. The van der Waals surface area contributed by atoms with Gasteiger partial charge in [-0.25, -0.2) is 4.39 Å². The van der Waals surface area contributed by atoms with E-state index in [4.69, 9.17) is 17.3 Å². The van der Waals surface area contributed by atoms with Crippen molar-refractivity contribution in [3.8, 4) is 0 Å². The molecule has 2 aromatic carbocycles. The topological polar surface area (TPSA) is 63.4 Å². The average molecular weight is 305 g/mol. The second kappa shape index (κ2) is 4.86. The molecule has 0 spiro atoms. The minimum atomic E-state index is -0.563. The molecule has 2 N–H and O–H groups in total. The highest BCUT2D eigenvalue weighted by Crippen LogP contribution is 2.30. The molecule has 6 heteroatoms. The summed E-state index contributed by atoms with van der Waals surface area (Å²) in [5.41, 5.74) is 6.46. The first-order valence-corrected chi connectivity index (χ1v) is 6.56. The van der Waals surface area contributed by atoms with Gasteiger partial charge in [-0.05, 0) is 24.3 Å². The number of benzene rings is 2. The zero-order valence-electron chi connectivity index (χ0n) is 10.8. The van der Waals surface area contributed by atoms with Crippen LogP contribution in [0.25, 0.3) is 0 Å². The van der Waals surface area contributed by atoms with Crippen LogP contribution in [0.2, 0.25) is 5.02 Å². The number of imide groups is 1. The molecule has 0 aliphatic carbocycles. The molecular weight excluding hydrogens is 295 g/mol. The van der Waals surface area contributed by atoms with Gasteiger partial charge in [0.05, 0.1) is 17.7 Å². The van der Waals surface area contributed by atoms with Gasteiger partial charge in [-0.3, -0.25) is 14.5 Å². The van der Waals surface area contributed by atoms with Crippen LogP contribution in [0.3, 0.4) is 0 Å². The molecule has 2 aromatic rings. The molecule has 0 bridgehead atoms. The van der Waals surface area contributed by atoms with Crippen molar-refractivity contribution in [1.29, 1.82) is 0 Å². The fourth-order valence-electron chi connectivity index (χ4n) is 2.34. The molecule has 4 nitrogen and oxygen atoms in total.